The molecule has 0 radical (unpaired) electrons. The van der Waals surface area contributed by atoms with Crippen LogP contribution in [-0.2, 0) is 11.2 Å². The van der Waals surface area contributed by atoms with Gasteiger partial charge >= 0.3 is 0 Å². The van der Waals surface area contributed by atoms with Gasteiger partial charge in [0.2, 0.25) is 0 Å². The number of fused-ring (bicyclic) bond motifs is 1. The summed E-state index contributed by atoms with van der Waals surface area (Å²) in [6.07, 6.45) is 4.57. The molecule has 23 heavy (non-hydrogen) atoms. The number of nitrogens with zero attached hydrogens (tertiary/aromatic N) is 3. The van der Waals surface area contributed by atoms with Gasteiger partial charge in [0.15, 0.2) is 0 Å². The highest BCUT2D eigenvalue weighted by atomic mass is 16.2. The molecule has 2 aromatic carbocycles. The van der Waals surface area contributed by atoms with Crippen LogP contribution in [0.15, 0.2) is 72.1 Å². The SMILES string of the molecule is O=C1CC(Cc2cccnc2)=NN1c1cccc2ccccc12. The van der Waals surface area contributed by atoms with Crippen LogP contribution in [0.1, 0.15) is 12.0 Å². The van der Waals surface area contributed by atoms with Crippen molar-refractivity contribution in [2.24, 2.45) is 5.10 Å². The third-order valence-electron chi connectivity index (χ3n) is 3.96. The summed E-state index contributed by atoms with van der Waals surface area (Å²) < 4.78 is 0. The molecule has 0 bridgehead atoms. The first-order valence-electron chi connectivity index (χ1n) is 7.57. The fraction of sp³-hybridized carbons (Fsp3) is 0.105. The molecule has 0 saturated heterocycles. The van der Waals surface area contributed by atoms with Gasteiger partial charge in [0, 0.05) is 24.2 Å². The Labute approximate surface area is 134 Å². The molecule has 0 aliphatic carbocycles. The minimum absolute atomic E-state index is 0.0141. The van der Waals surface area contributed by atoms with Crippen LogP contribution >= 0.6 is 0 Å². The number of carbonyl (C=O) groups excluding carboxylic acids is 1. The summed E-state index contributed by atoms with van der Waals surface area (Å²) >= 11 is 0. The summed E-state index contributed by atoms with van der Waals surface area (Å²) in [5.41, 5.74) is 2.78. The largest absolute Gasteiger partial charge is 0.272 e. The second-order valence-electron chi connectivity index (χ2n) is 5.58. The Morgan fingerprint density at radius 1 is 1.00 bits per heavy atom. The third kappa shape index (κ3) is 2.59. The van der Waals surface area contributed by atoms with Crippen LogP contribution in [0.4, 0.5) is 5.69 Å². The fourth-order valence-electron chi connectivity index (χ4n) is 2.90. The van der Waals surface area contributed by atoms with Crippen LogP contribution in [0.25, 0.3) is 10.8 Å². The predicted octanol–water partition coefficient (Wildman–Crippen LogP) is 3.57. The Kier molecular flexibility index (Phi) is 3.35. The summed E-state index contributed by atoms with van der Waals surface area (Å²) in [4.78, 5) is 16.5. The van der Waals surface area contributed by atoms with Crippen molar-refractivity contribution in [3.63, 3.8) is 0 Å². The summed E-state index contributed by atoms with van der Waals surface area (Å²) in [6.45, 7) is 0. The molecular weight excluding hydrogens is 286 g/mol. The van der Waals surface area contributed by atoms with E-state index in [4.69, 9.17) is 0 Å². The van der Waals surface area contributed by atoms with Crippen LogP contribution in [0.3, 0.4) is 0 Å². The van der Waals surface area contributed by atoms with Crippen molar-refractivity contribution in [3.05, 3.63) is 72.6 Å². The van der Waals surface area contributed by atoms with Crippen molar-refractivity contribution in [3.8, 4) is 0 Å². The highest BCUT2D eigenvalue weighted by Gasteiger charge is 2.26. The number of rotatable bonds is 3. The van der Waals surface area contributed by atoms with Gasteiger partial charge in [-0.25, -0.2) is 0 Å². The first-order chi connectivity index (χ1) is 11.3. The Bertz CT molecular complexity index is 897. The highest BCUT2D eigenvalue weighted by Crippen LogP contribution is 2.29. The van der Waals surface area contributed by atoms with Gasteiger partial charge in [-0.05, 0) is 23.1 Å². The van der Waals surface area contributed by atoms with Crippen molar-refractivity contribution >= 4 is 28.1 Å². The number of hydrogen-bond donors (Lipinski definition) is 0. The van der Waals surface area contributed by atoms with Crippen molar-refractivity contribution in [2.75, 3.05) is 5.01 Å². The minimum atomic E-state index is 0.0141. The van der Waals surface area contributed by atoms with E-state index in [1.807, 2.05) is 60.8 Å². The molecule has 1 aliphatic rings. The number of aromatic nitrogens is 1. The molecule has 4 rings (SSSR count). The molecule has 1 amide bonds. The van der Waals surface area contributed by atoms with Gasteiger partial charge in [0.25, 0.3) is 5.91 Å². The Morgan fingerprint density at radius 3 is 2.74 bits per heavy atom. The molecule has 1 aliphatic heterocycles. The van der Waals surface area contributed by atoms with E-state index in [1.54, 1.807) is 6.20 Å². The van der Waals surface area contributed by atoms with Gasteiger partial charge in [-0.1, -0.05) is 42.5 Å². The number of amides is 1. The summed E-state index contributed by atoms with van der Waals surface area (Å²) in [5, 5.41) is 8.24. The van der Waals surface area contributed by atoms with Gasteiger partial charge in [0.1, 0.15) is 0 Å². The zero-order valence-corrected chi connectivity index (χ0v) is 12.5. The van der Waals surface area contributed by atoms with Gasteiger partial charge in [-0.2, -0.15) is 10.1 Å². The number of benzene rings is 2. The second-order valence-corrected chi connectivity index (χ2v) is 5.58. The molecule has 4 nitrogen and oxygen atoms in total. The van der Waals surface area contributed by atoms with E-state index in [9.17, 15) is 4.79 Å². The van der Waals surface area contributed by atoms with E-state index in [0.717, 1.165) is 27.7 Å². The zero-order valence-electron chi connectivity index (χ0n) is 12.5. The standard InChI is InChI=1S/C19H15N3O/c23-19-12-16(11-14-5-4-10-20-13-14)21-22(19)18-9-3-7-15-6-1-2-8-17(15)18/h1-10,13H,11-12H2. The molecule has 0 atom stereocenters. The van der Waals surface area contributed by atoms with Crippen LogP contribution in [0.2, 0.25) is 0 Å². The first-order valence-corrected chi connectivity index (χ1v) is 7.57. The Balaban J connectivity index is 1.69. The van der Waals surface area contributed by atoms with E-state index in [0.29, 0.717) is 12.8 Å². The van der Waals surface area contributed by atoms with Gasteiger partial charge < -0.3 is 0 Å². The Morgan fingerprint density at radius 2 is 1.87 bits per heavy atom. The molecule has 0 spiro atoms. The number of hydrazone groups is 1. The van der Waals surface area contributed by atoms with Crippen LogP contribution < -0.4 is 5.01 Å². The van der Waals surface area contributed by atoms with E-state index in [1.165, 1.54) is 5.01 Å². The quantitative estimate of drug-likeness (QED) is 0.742. The van der Waals surface area contributed by atoms with Crippen molar-refractivity contribution in [1.29, 1.82) is 0 Å². The van der Waals surface area contributed by atoms with E-state index < -0.39 is 0 Å². The van der Waals surface area contributed by atoms with Crippen LogP contribution in [0.5, 0.6) is 0 Å². The lowest BCUT2D eigenvalue weighted by molar-refractivity contribution is -0.116. The average molecular weight is 301 g/mol. The van der Waals surface area contributed by atoms with E-state index in [-0.39, 0.29) is 5.91 Å². The van der Waals surface area contributed by atoms with Gasteiger partial charge in [-0.15, -0.1) is 0 Å². The molecule has 112 valence electrons. The fourth-order valence-corrected chi connectivity index (χ4v) is 2.90. The monoisotopic (exact) mass is 301 g/mol. The smallest absolute Gasteiger partial charge is 0.253 e. The maximum Gasteiger partial charge on any atom is 0.253 e. The maximum absolute atomic E-state index is 12.4. The summed E-state index contributed by atoms with van der Waals surface area (Å²) in [6, 6.07) is 17.9. The molecule has 4 heteroatoms. The number of hydrogen-bond acceptors (Lipinski definition) is 3. The summed E-state index contributed by atoms with van der Waals surface area (Å²) in [7, 11) is 0. The van der Waals surface area contributed by atoms with E-state index in [2.05, 4.69) is 10.1 Å². The summed E-state index contributed by atoms with van der Waals surface area (Å²) in [5.74, 6) is 0.0141. The lowest BCUT2D eigenvalue weighted by atomic mass is 10.1. The van der Waals surface area contributed by atoms with Crippen molar-refractivity contribution in [2.45, 2.75) is 12.8 Å². The number of carbonyl (C=O) groups is 1. The highest BCUT2D eigenvalue weighted by molar-refractivity contribution is 6.16. The van der Waals surface area contributed by atoms with Crippen LogP contribution in [0, 0.1) is 0 Å². The molecule has 2 heterocycles. The average Bonchev–Trinajstić information content (AvgIpc) is 2.95. The topological polar surface area (TPSA) is 45.6 Å². The van der Waals surface area contributed by atoms with Crippen LogP contribution in [-0.4, -0.2) is 16.6 Å². The number of anilines is 1. The predicted molar refractivity (Wildman–Crippen MR) is 91.4 cm³/mol. The molecule has 1 aromatic heterocycles. The molecular formula is C19H15N3O. The zero-order chi connectivity index (χ0) is 15.6. The van der Waals surface area contributed by atoms with Gasteiger partial charge in [0.05, 0.1) is 17.8 Å². The lowest BCUT2D eigenvalue weighted by Gasteiger charge is -2.14. The third-order valence-corrected chi connectivity index (χ3v) is 3.96. The lowest BCUT2D eigenvalue weighted by Crippen LogP contribution is -2.19. The van der Waals surface area contributed by atoms with E-state index >= 15 is 0 Å². The second kappa shape index (κ2) is 5.65. The molecule has 0 saturated carbocycles. The number of pyridine rings is 1. The molecule has 0 fully saturated rings. The normalized spacial score (nSPS) is 14.3. The maximum atomic E-state index is 12.4. The van der Waals surface area contributed by atoms with Crippen molar-refractivity contribution < 1.29 is 4.79 Å². The first kappa shape index (κ1) is 13.6. The molecule has 0 unspecified atom stereocenters. The molecule has 3 aromatic rings. The molecule has 0 N–H and O–H groups in total. The van der Waals surface area contributed by atoms with Crippen molar-refractivity contribution in [1.82, 2.24) is 4.98 Å². The van der Waals surface area contributed by atoms with Gasteiger partial charge in [-0.3, -0.25) is 9.78 Å². The Hall–Kier alpha value is -3.01. The minimum Gasteiger partial charge on any atom is -0.272 e.